The molecule has 0 aliphatic carbocycles. The second-order valence-electron chi connectivity index (χ2n) is 4.77. The molecular formula is C16H10BrClN2O2. The Kier molecular flexibility index (Phi) is 4.09. The van der Waals surface area contributed by atoms with Crippen molar-refractivity contribution >= 4 is 44.2 Å². The van der Waals surface area contributed by atoms with Crippen LogP contribution in [0.2, 0.25) is 5.02 Å². The smallest absolute Gasteiger partial charge is 0.261 e. The molecule has 0 atom stereocenters. The zero-order valence-electron chi connectivity index (χ0n) is 11.3. The summed E-state index contributed by atoms with van der Waals surface area (Å²) < 4.78 is 2.11. The number of hydrogen-bond donors (Lipinski definition) is 0. The number of nitrogens with zero attached hydrogens (tertiary/aromatic N) is 2. The largest absolute Gasteiger partial charge is 0.292 e. The summed E-state index contributed by atoms with van der Waals surface area (Å²) in [6, 6.07) is 12.0. The minimum Gasteiger partial charge on any atom is -0.292 e. The van der Waals surface area contributed by atoms with Gasteiger partial charge in [-0.2, -0.15) is 0 Å². The first-order valence-corrected chi connectivity index (χ1v) is 7.65. The van der Waals surface area contributed by atoms with Crippen LogP contribution in [0.3, 0.4) is 0 Å². The average Bonchev–Trinajstić information content (AvgIpc) is 2.50. The Morgan fingerprint density at radius 3 is 2.82 bits per heavy atom. The number of halogens is 2. The summed E-state index contributed by atoms with van der Waals surface area (Å²) in [5.74, 6) is -0.161. The Morgan fingerprint density at radius 1 is 1.23 bits per heavy atom. The molecule has 0 bridgehead atoms. The third kappa shape index (κ3) is 2.96. The highest BCUT2D eigenvalue weighted by atomic mass is 79.9. The summed E-state index contributed by atoms with van der Waals surface area (Å²) in [5, 5.41) is 0.861. The molecule has 1 aromatic heterocycles. The zero-order valence-corrected chi connectivity index (χ0v) is 13.6. The maximum atomic E-state index is 12.4. The lowest BCUT2D eigenvalue weighted by Gasteiger charge is -2.06. The van der Waals surface area contributed by atoms with E-state index < -0.39 is 0 Å². The molecule has 2 aromatic carbocycles. The van der Waals surface area contributed by atoms with E-state index in [0.29, 0.717) is 21.5 Å². The Labute approximate surface area is 139 Å². The predicted octanol–water partition coefficient (Wildman–Crippen LogP) is 3.70. The fourth-order valence-corrected chi connectivity index (χ4v) is 2.72. The molecule has 0 aliphatic rings. The number of fused-ring (bicyclic) bond motifs is 1. The summed E-state index contributed by atoms with van der Waals surface area (Å²) in [6.07, 6.45) is 1.38. The number of benzene rings is 2. The van der Waals surface area contributed by atoms with Crippen molar-refractivity contribution in [2.75, 3.05) is 0 Å². The maximum absolute atomic E-state index is 12.4. The minimum atomic E-state index is -0.282. The molecule has 0 amide bonds. The van der Waals surface area contributed by atoms with E-state index in [9.17, 15) is 9.59 Å². The lowest BCUT2D eigenvalue weighted by atomic mass is 10.1. The molecule has 0 aliphatic heterocycles. The number of Topliss-reactive ketones (excluding diaryl/α,β-unsaturated/α-hetero) is 1. The van der Waals surface area contributed by atoms with Crippen LogP contribution in [0.4, 0.5) is 0 Å². The van der Waals surface area contributed by atoms with E-state index in [0.717, 1.165) is 4.47 Å². The molecule has 0 radical (unpaired) electrons. The van der Waals surface area contributed by atoms with Crippen LogP contribution in [0.5, 0.6) is 0 Å². The van der Waals surface area contributed by atoms with Crippen LogP contribution in [0.15, 0.2) is 58.1 Å². The SMILES string of the molecule is O=C(Cn1cnc2ccc(Cl)cc2c1=O)c1cccc(Br)c1. The summed E-state index contributed by atoms with van der Waals surface area (Å²) in [6.45, 7) is -0.0647. The molecule has 3 rings (SSSR count). The summed E-state index contributed by atoms with van der Waals surface area (Å²) in [7, 11) is 0. The molecule has 0 saturated carbocycles. The van der Waals surface area contributed by atoms with Crippen LogP contribution in [-0.2, 0) is 6.54 Å². The number of hydrogen-bond acceptors (Lipinski definition) is 3. The van der Waals surface area contributed by atoms with E-state index in [1.165, 1.54) is 10.9 Å². The molecule has 4 nitrogen and oxygen atoms in total. The molecule has 6 heteroatoms. The van der Waals surface area contributed by atoms with Gasteiger partial charge >= 0.3 is 0 Å². The molecule has 3 aromatic rings. The van der Waals surface area contributed by atoms with Crippen molar-refractivity contribution < 1.29 is 4.79 Å². The van der Waals surface area contributed by atoms with Gasteiger partial charge in [0.2, 0.25) is 0 Å². The summed E-state index contributed by atoms with van der Waals surface area (Å²) in [5.41, 5.74) is 0.809. The molecule has 110 valence electrons. The molecule has 0 unspecified atom stereocenters. The van der Waals surface area contributed by atoms with Gasteiger partial charge in [0.05, 0.1) is 23.8 Å². The van der Waals surface area contributed by atoms with Crippen molar-refractivity contribution in [1.82, 2.24) is 9.55 Å². The van der Waals surface area contributed by atoms with Crippen LogP contribution in [0.1, 0.15) is 10.4 Å². The van der Waals surface area contributed by atoms with Crippen molar-refractivity contribution in [2.24, 2.45) is 0 Å². The van der Waals surface area contributed by atoms with Crippen LogP contribution in [-0.4, -0.2) is 15.3 Å². The quantitative estimate of drug-likeness (QED) is 0.654. The third-order valence-electron chi connectivity index (χ3n) is 3.25. The van der Waals surface area contributed by atoms with Gasteiger partial charge in [0.15, 0.2) is 5.78 Å². The molecule has 1 heterocycles. The number of carbonyl (C=O) groups is 1. The molecule has 22 heavy (non-hydrogen) atoms. The van der Waals surface area contributed by atoms with Crippen LogP contribution in [0.25, 0.3) is 10.9 Å². The second kappa shape index (κ2) is 6.02. The summed E-state index contributed by atoms with van der Waals surface area (Å²) >= 11 is 9.24. The third-order valence-corrected chi connectivity index (χ3v) is 3.97. The van der Waals surface area contributed by atoms with E-state index in [-0.39, 0.29) is 17.9 Å². The molecule has 0 saturated heterocycles. The van der Waals surface area contributed by atoms with Crippen LogP contribution in [0, 0.1) is 0 Å². The number of aromatic nitrogens is 2. The first-order chi connectivity index (χ1) is 10.5. The lowest BCUT2D eigenvalue weighted by molar-refractivity contribution is 0.0970. The second-order valence-corrected chi connectivity index (χ2v) is 6.12. The zero-order chi connectivity index (χ0) is 15.7. The van der Waals surface area contributed by atoms with Crippen LogP contribution < -0.4 is 5.56 Å². The van der Waals surface area contributed by atoms with Crippen molar-refractivity contribution in [2.45, 2.75) is 6.54 Å². The lowest BCUT2D eigenvalue weighted by Crippen LogP contribution is -2.24. The predicted molar refractivity (Wildman–Crippen MR) is 89.5 cm³/mol. The van der Waals surface area contributed by atoms with E-state index in [1.54, 1.807) is 36.4 Å². The molecule has 0 spiro atoms. The van der Waals surface area contributed by atoms with E-state index >= 15 is 0 Å². The van der Waals surface area contributed by atoms with Gasteiger partial charge in [-0.3, -0.25) is 14.2 Å². The monoisotopic (exact) mass is 376 g/mol. The fourth-order valence-electron chi connectivity index (χ4n) is 2.15. The highest BCUT2D eigenvalue weighted by molar-refractivity contribution is 9.10. The van der Waals surface area contributed by atoms with Gasteiger partial charge < -0.3 is 0 Å². The first-order valence-electron chi connectivity index (χ1n) is 6.48. The minimum absolute atomic E-state index is 0.0647. The van der Waals surface area contributed by atoms with E-state index in [1.807, 2.05) is 6.07 Å². The summed E-state index contributed by atoms with van der Waals surface area (Å²) in [4.78, 5) is 28.9. The molecular weight excluding hydrogens is 368 g/mol. The molecule has 0 fully saturated rings. The van der Waals surface area contributed by atoms with E-state index in [4.69, 9.17) is 11.6 Å². The van der Waals surface area contributed by atoms with Crippen molar-refractivity contribution in [3.63, 3.8) is 0 Å². The van der Waals surface area contributed by atoms with E-state index in [2.05, 4.69) is 20.9 Å². The topological polar surface area (TPSA) is 52.0 Å². The number of rotatable bonds is 3. The van der Waals surface area contributed by atoms with Gasteiger partial charge in [-0.05, 0) is 30.3 Å². The molecule has 0 N–H and O–H groups in total. The Hall–Kier alpha value is -1.98. The van der Waals surface area contributed by atoms with Gasteiger partial charge in [-0.25, -0.2) is 4.98 Å². The standard InChI is InChI=1S/C16H10BrClN2O2/c17-11-3-1-2-10(6-11)15(21)8-20-9-19-14-5-4-12(18)7-13(14)16(20)22/h1-7,9H,8H2. The first kappa shape index (κ1) is 14.9. The Balaban J connectivity index is 1.99. The van der Waals surface area contributed by atoms with Gasteiger partial charge in [0.1, 0.15) is 0 Å². The average molecular weight is 378 g/mol. The number of ketones is 1. The van der Waals surface area contributed by atoms with Crippen LogP contribution >= 0.6 is 27.5 Å². The highest BCUT2D eigenvalue weighted by Crippen LogP contribution is 2.15. The maximum Gasteiger partial charge on any atom is 0.261 e. The van der Waals surface area contributed by atoms with Gasteiger partial charge in [-0.15, -0.1) is 0 Å². The highest BCUT2D eigenvalue weighted by Gasteiger charge is 2.10. The van der Waals surface area contributed by atoms with Gasteiger partial charge in [-0.1, -0.05) is 39.7 Å². The van der Waals surface area contributed by atoms with Crippen molar-refractivity contribution in [3.8, 4) is 0 Å². The Bertz CT molecular complexity index is 937. The van der Waals surface area contributed by atoms with Gasteiger partial charge in [0.25, 0.3) is 5.56 Å². The fraction of sp³-hybridized carbons (Fsp3) is 0.0625. The van der Waals surface area contributed by atoms with Crippen molar-refractivity contribution in [1.29, 1.82) is 0 Å². The Morgan fingerprint density at radius 2 is 2.05 bits per heavy atom. The number of carbonyl (C=O) groups excluding carboxylic acids is 1. The normalized spacial score (nSPS) is 10.8. The van der Waals surface area contributed by atoms with Crippen molar-refractivity contribution in [3.05, 3.63) is 74.2 Å². The van der Waals surface area contributed by atoms with Gasteiger partial charge in [0, 0.05) is 15.1 Å².